The van der Waals surface area contributed by atoms with E-state index in [1.807, 2.05) is 0 Å². The Hall–Kier alpha value is -0.810. The molecular formula is C3H10N4O. The van der Waals surface area contributed by atoms with Gasteiger partial charge in [0.05, 0.1) is 0 Å². The maximum absolute atomic E-state index is 10.2. The van der Waals surface area contributed by atoms with Gasteiger partial charge in [-0.3, -0.25) is 0 Å². The van der Waals surface area contributed by atoms with Crippen molar-refractivity contribution in [3.8, 4) is 0 Å². The highest BCUT2D eigenvalue weighted by atomic mass is 16.2. The summed E-state index contributed by atoms with van der Waals surface area (Å²) < 4.78 is 0. The van der Waals surface area contributed by atoms with E-state index < -0.39 is 6.03 Å². The third kappa shape index (κ3) is 1.76. The monoisotopic (exact) mass is 118 g/mol. The Balaban J connectivity index is 3.52. The first-order valence-electron chi connectivity index (χ1n) is 2.16. The van der Waals surface area contributed by atoms with Crippen LogP contribution in [0.15, 0.2) is 0 Å². The lowest BCUT2D eigenvalue weighted by molar-refractivity contribution is 0.159. The van der Waals surface area contributed by atoms with Crippen LogP contribution >= 0.6 is 0 Å². The summed E-state index contributed by atoms with van der Waals surface area (Å²) in [6.07, 6.45) is 0. The molecule has 4 N–H and O–H groups in total. The Morgan fingerprint density at radius 3 is 1.88 bits per heavy atom. The third-order valence-corrected chi connectivity index (χ3v) is 0.668. The molecule has 0 rings (SSSR count). The van der Waals surface area contributed by atoms with Crippen LogP contribution < -0.4 is 16.6 Å². The van der Waals surface area contributed by atoms with Crippen LogP contribution in [0.3, 0.4) is 0 Å². The summed E-state index contributed by atoms with van der Waals surface area (Å²) in [7, 11) is 3.17. The van der Waals surface area contributed by atoms with Crippen molar-refractivity contribution in [2.24, 2.45) is 5.73 Å². The van der Waals surface area contributed by atoms with Crippen LogP contribution in [-0.4, -0.2) is 25.2 Å². The summed E-state index contributed by atoms with van der Waals surface area (Å²) in [5.74, 6) is 0. The second-order valence-electron chi connectivity index (χ2n) is 1.12. The SMILES string of the molecule is CNN(NC)C(N)=O. The van der Waals surface area contributed by atoms with E-state index in [0.717, 1.165) is 5.12 Å². The first-order chi connectivity index (χ1) is 3.72. The molecule has 0 saturated carbocycles. The topological polar surface area (TPSA) is 70.4 Å². The van der Waals surface area contributed by atoms with Gasteiger partial charge in [-0.25, -0.2) is 15.6 Å². The minimum Gasteiger partial charge on any atom is -0.349 e. The number of nitrogens with two attached hydrogens (primary N) is 1. The number of hydrogen-bond acceptors (Lipinski definition) is 3. The zero-order valence-electron chi connectivity index (χ0n) is 4.93. The Labute approximate surface area is 47.8 Å². The smallest absolute Gasteiger partial charge is 0.344 e. The number of urea groups is 1. The number of amides is 2. The van der Waals surface area contributed by atoms with E-state index in [2.05, 4.69) is 10.9 Å². The number of primary amides is 1. The summed E-state index contributed by atoms with van der Waals surface area (Å²) in [5, 5.41) is 1.06. The number of hydrogen-bond donors (Lipinski definition) is 3. The summed E-state index contributed by atoms with van der Waals surface area (Å²) in [5.41, 5.74) is 9.82. The van der Waals surface area contributed by atoms with E-state index in [4.69, 9.17) is 5.73 Å². The lowest BCUT2D eigenvalue weighted by Gasteiger charge is -2.15. The minimum absolute atomic E-state index is 0.560. The van der Waals surface area contributed by atoms with E-state index in [0.29, 0.717) is 0 Å². The number of rotatable bonds is 2. The van der Waals surface area contributed by atoms with Crippen molar-refractivity contribution in [1.82, 2.24) is 16.0 Å². The van der Waals surface area contributed by atoms with Crippen LogP contribution in [0, 0.1) is 0 Å². The normalized spacial score (nSPS) is 8.75. The van der Waals surface area contributed by atoms with Gasteiger partial charge in [0.1, 0.15) is 0 Å². The molecular weight excluding hydrogens is 108 g/mol. The first-order valence-corrected chi connectivity index (χ1v) is 2.16. The van der Waals surface area contributed by atoms with Gasteiger partial charge < -0.3 is 5.73 Å². The van der Waals surface area contributed by atoms with Crippen LogP contribution in [-0.2, 0) is 0 Å². The van der Waals surface area contributed by atoms with Crippen molar-refractivity contribution in [2.45, 2.75) is 0 Å². The lowest BCUT2D eigenvalue weighted by atomic mass is 11.1. The van der Waals surface area contributed by atoms with E-state index in [1.54, 1.807) is 14.1 Å². The molecule has 8 heavy (non-hydrogen) atoms. The number of carbonyl (C=O) groups excluding carboxylic acids is 1. The van der Waals surface area contributed by atoms with Crippen LogP contribution in [0.4, 0.5) is 4.79 Å². The highest BCUT2D eigenvalue weighted by Crippen LogP contribution is 1.66. The van der Waals surface area contributed by atoms with Gasteiger partial charge in [0.2, 0.25) is 0 Å². The summed E-state index contributed by atoms with van der Waals surface area (Å²) in [6, 6.07) is -0.560. The molecule has 48 valence electrons. The van der Waals surface area contributed by atoms with E-state index in [9.17, 15) is 4.79 Å². The standard InChI is InChI=1S/C3H10N4O/c1-5-7(6-2)3(4)8/h5-6H,1-2H3,(H2,4,8). The average molecular weight is 118 g/mol. The van der Waals surface area contributed by atoms with Crippen molar-refractivity contribution in [2.75, 3.05) is 14.1 Å². The highest BCUT2D eigenvalue weighted by molar-refractivity contribution is 5.70. The number of hydrazine groups is 2. The van der Waals surface area contributed by atoms with Gasteiger partial charge >= 0.3 is 6.03 Å². The van der Waals surface area contributed by atoms with Crippen molar-refractivity contribution < 1.29 is 4.79 Å². The molecule has 0 unspecified atom stereocenters. The largest absolute Gasteiger partial charge is 0.349 e. The average Bonchev–Trinajstić information content (AvgIpc) is 1.69. The van der Waals surface area contributed by atoms with Crippen molar-refractivity contribution in [3.05, 3.63) is 0 Å². The predicted octanol–water partition coefficient (Wildman–Crippen LogP) is -1.36. The molecule has 0 fully saturated rings. The summed E-state index contributed by atoms with van der Waals surface area (Å²) >= 11 is 0. The fourth-order valence-corrected chi connectivity index (χ4v) is 0.332. The maximum atomic E-state index is 10.2. The molecule has 0 aromatic rings. The molecule has 0 atom stereocenters. The quantitative estimate of drug-likeness (QED) is 0.392. The number of nitrogens with zero attached hydrogens (tertiary/aromatic N) is 1. The maximum Gasteiger partial charge on any atom is 0.344 e. The molecule has 5 nitrogen and oxygen atoms in total. The molecule has 0 aliphatic carbocycles. The molecule has 0 heterocycles. The Bertz CT molecular complexity index is 79.4. The zero-order valence-corrected chi connectivity index (χ0v) is 4.93. The fraction of sp³-hybridized carbons (Fsp3) is 0.667. The highest BCUT2D eigenvalue weighted by Gasteiger charge is 1.99. The molecule has 0 saturated heterocycles. The molecule has 0 radical (unpaired) electrons. The Morgan fingerprint density at radius 1 is 1.50 bits per heavy atom. The molecule has 0 aliphatic rings. The van der Waals surface area contributed by atoms with Crippen LogP contribution in [0.25, 0.3) is 0 Å². The lowest BCUT2D eigenvalue weighted by Crippen LogP contribution is -2.51. The zero-order chi connectivity index (χ0) is 6.57. The number of carbonyl (C=O) groups is 1. The number of nitrogens with one attached hydrogen (secondary N) is 2. The predicted molar refractivity (Wildman–Crippen MR) is 29.5 cm³/mol. The summed E-state index contributed by atoms with van der Waals surface area (Å²) in [6.45, 7) is 0. The molecule has 0 aromatic carbocycles. The second kappa shape index (κ2) is 3.23. The molecule has 0 aromatic heterocycles. The molecule has 2 amide bonds. The second-order valence-corrected chi connectivity index (χ2v) is 1.12. The van der Waals surface area contributed by atoms with Gasteiger partial charge in [0, 0.05) is 14.1 Å². The van der Waals surface area contributed by atoms with Gasteiger partial charge in [-0.2, -0.15) is 5.12 Å². The molecule has 0 aliphatic heterocycles. The summed E-state index contributed by atoms with van der Waals surface area (Å²) in [4.78, 5) is 10.2. The fourth-order valence-electron chi connectivity index (χ4n) is 0.332. The van der Waals surface area contributed by atoms with E-state index in [1.165, 1.54) is 0 Å². The van der Waals surface area contributed by atoms with Gasteiger partial charge in [-0.1, -0.05) is 0 Å². The molecule has 0 spiro atoms. The van der Waals surface area contributed by atoms with Crippen molar-refractivity contribution >= 4 is 6.03 Å². The van der Waals surface area contributed by atoms with Gasteiger partial charge in [-0.05, 0) is 0 Å². The van der Waals surface area contributed by atoms with Crippen LogP contribution in [0.5, 0.6) is 0 Å². The van der Waals surface area contributed by atoms with Crippen molar-refractivity contribution in [3.63, 3.8) is 0 Å². The van der Waals surface area contributed by atoms with Gasteiger partial charge in [0.25, 0.3) is 0 Å². The first kappa shape index (κ1) is 7.19. The third-order valence-electron chi connectivity index (χ3n) is 0.668. The van der Waals surface area contributed by atoms with Gasteiger partial charge in [0.15, 0.2) is 0 Å². The molecule has 5 heteroatoms. The van der Waals surface area contributed by atoms with Crippen LogP contribution in [0.1, 0.15) is 0 Å². The van der Waals surface area contributed by atoms with Crippen molar-refractivity contribution in [1.29, 1.82) is 0 Å². The Morgan fingerprint density at radius 2 is 1.88 bits per heavy atom. The van der Waals surface area contributed by atoms with Gasteiger partial charge in [-0.15, -0.1) is 0 Å². The minimum atomic E-state index is -0.560. The van der Waals surface area contributed by atoms with E-state index >= 15 is 0 Å². The van der Waals surface area contributed by atoms with Crippen LogP contribution in [0.2, 0.25) is 0 Å². The molecule has 0 bridgehead atoms. The Kier molecular flexibility index (Phi) is 2.90. The van der Waals surface area contributed by atoms with E-state index in [-0.39, 0.29) is 0 Å².